The molecule has 21 heavy (non-hydrogen) atoms. The molecule has 0 atom stereocenters. The highest BCUT2D eigenvalue weighted by atomic mass is 35.5. The third kappa shape index (κ3) is 2.70. The van der Waals surface area contributed by atoms with E-state index in [0.29, 0.717) is 5.88 Å². The van der Waals surface area contributed by atoms with E-state index in [1.54, 1.807) is 0 Å². The molecule has 0 saturated carbocycles. The van der Waals surface area contributed by atoms with Crippen molar-refractivity contribution >= 4 is 34.1 Å². The average Bonchev–Trinajstić information content (AvgIpc) is 2.94. The predicted molar refractivity (Wildman–Crippen MR) is 89.6 cm³/mol. The number of nitrogens with zero attached hydrogens (tertiary/aromatic N) is 3. The van der Waals surface area contributed by atoms with Gasteiger partial charge in [0.15, 0.2) is 5.65 Å². The van der Waals surface area contributed by atoms with E-state index in [1.807, 2.05) is 23.6 Å². The van der Waals surface area contributed by atoms with Crippen molar-refractivity contribution in [2.75, 3.05) is 5.88 Å². The van der Waals surface area contributed by atoms with Crippen LogP contribution in [0.4, 0.5) is 0 Å². The molecule has 0 amide bonds. The van der Waals surface area contributed by atoms with Crippen molar-refractivity contribution in [1.29, 1.82) is 0 Å². The molecular weight excluding hydrogens is 302 g/mol. The van der Waals surface area contributed by atoms with Crippen LogP contribution in [0.2, 0.25) is 0 Å². The zero-order valence-electron chi connectivity index (χ0n) is 12.5. The van der Waals surface area contributed by atoms with Gasteiger partial charge in [0.2, 0.25) is 0 Å². The van der Waals surface area contributed by atoms with E-state index in [0.717, 1.165) is 35.5 Å². The normalized spacial score (nSPS) is 11.4. The summed E-state index contributed by atoms with van der Waals surface area (Å²) in [4.78, 5) is 12.0. The number of halogens is 1. The second-order valence-corrected chi connectivity index (χ2v) is 7.02. The molecule has 0 spiro atoms. The van der Waals surface area contributed by atoms with E-state index in [2.05, 4.69) is 36.4 Å². The van der Waals surface area contributed by atoms with Gasteiger partial charge in [-0.25, -0.2) is 9.97 Å². The Morgan fingerprint density at radius 2 is 2.05 bits per heavy atom. The molecular formula is C16H18ClN3S. The molecule has 3 heterocycles. The van der Waals surface area contributed by atoms with E-state index in [-0.39, 0.29) is 0 Å². The Bertz CT molecular complexity index is 769. The SMILES string of the molecule is Cc1cc(Cn2c(CCCl)nc3c(C)ccnc32)sc1C. The van der Waals surface area contributed by atoms with Crippen molar-refractivity contribution in [3.05, 3.63) is 45.0 Å². The van der Waals surface area contributed by atoms with Gasteiger partial charge in [0.25, 0.3) is 0 Å². The minimum atomic E-state index is 0.574. The molecule has 110 valence electrons. The molecule has 0 N–H and O–H groups in total. The summed E-state index contributed by atoms with van der Waals surface area (Å²) in [5.41, 5.74) is 4.46. The Balaban J connectivity index is 2.10. The van der Waals surface area contributed by atoms with Gasteiger partial charge in [-0.15, -0.1) is 22.9 Å². The summed E-state index contributed by atoms with van der Waals surface area (Å²) in [5.74, 6) is 1.59. The molecule has 3 aromatic rings. The van der Waals surface area contributed by atoms with E-state index >= 15 is 0 Å². The van der Waals surface area contributed by atoms with Crippen molar-refractivity contribution in [2.24, 2.45) is 0 Å². The smallest absolute Gasteiger partial charge is 0.160 e. The van der Waals surface area contributed by atoms with E-state index in [4.69, 9.17) is 16.6 Å². The van der Waals surface area contributed by atoms with Crippen LogP contribution in [0.5, 0.6) is 0 Å². The van der Waals surface area contributed by atoms with Crippen LogP contribution in [0.3, 0.4) is 0 Å². The number of hydrogen-bond donors (Lipinski definition) is 0. The molecule has 0 aliphatic heterocycles. The lowest BCUT2D eigenvalue weighted by Gasteiger charge is -2.06. The number of alkyl halides is 1. The first-order valence-corrected chi connectivity index (χ1v) is 8.38. The third-order valence-corrected chi connectivity index (χ3v) is 5.09. The van der Waals surface area contributed by atoms with Crippen LogP contribution >= 0.6 is 22.9 Å². The molecule has 0 bridgehead atoms. The lowest BCUT2D eigenvalue weighted by atomic mass is 10.2. The second kappa shape index (κ2) is 5.78. The minimum Gasteiger partial charge on any atom is -0.307 e. The molecule has 0 saturated heterocycles. The van der Waals surface area contributed by atoms with Gasteiger partial charge in [0, 0.05) is 28.3 Å². The van der Waals surface area contributed by atoms with Crippen molar-refractivity contribution in [3.63, 3.8) is 0 Å². The van der Waals surface area contributed by atoms with Gasteiger partial charge in [-0.3, -0.25) is 0 Å². The molecule has 3 rings (SSSR count). The highest BCUT2D eigenvalue weighted by Gasteiger charge is 2.14. The largest absolute Gasteiger partial charge is 0.307 e. The van der Waals surface area contributed by atoms with Crippen LogP contribution in [0.15, 0.2) is 18.3 Å². The van der Waals surface area contributed by atoms with Gasteiger partial charge in [0.05, 0.1) is 6.54 Å². The highest BCUT2D eigenvalue weighted by molar-refractivity contribution is 7.12. The summed E-state index contributed by atoms with van der Waals surface area (Å²) in [6.07, 6.45) is 2.62. The van der Waals surface area contributed by atoms with Crippen LogP contribution in [-0.4, -0.2) is 20.4 Å². The second-order valence-electron chi connectivity index (χ2n) is 5.31. The summed E-state index contributed by atoms with van der Waals surface area (Å²) in [6, 6.07) is 4.26. The summed E-state index contributed by atoms with van der Waals surface area (Å²) < 4.78 is 2.20. The Morgan fingerprint density at radius 3 is 2.71 bits per heavy atom. The maximum absolute atomic E-state index is 5.94. The van der Waals surface area contributed by atoms with E-state index in [1.165, 1.54) is 15.3 Å². The third-order valence-electron chi connectivity index (χ3n) is 3.76. The lowest BCUT2D eigenvalue weighted by Crippen LogP contribution is -2.05. The van der Waals surface area contributed by atoms with Crippen LogP contribution in [0.25, 0.3) is 11.2 Å². The van der Waals surface area contributed by atoms with Crippen molar-refractivity contribution in [2.45, 2.75) is 33.7 Å². The van der Waals surface area contributed by atoms with Crippen LogP contribution in [0, 0.1) is 20.8 Å². The molecule has 0 aliphatic carbocycles. The van der Waals surface area contributed by atoms with Crippen molar-refractivity contribution in [1.82, 2.24) is 14.5 Å². The Morgan fingerprint density at radius 1 is 1.24 bits per heavy atom. The fourth-order valence-electron chi connectivity index (χ4n) is 2.51. The number of fused-ring (bicyclic) bond motifs is 1. The van der Waals surface area contributed by atoms with Gasteiger partial charge in [-0.2, -0.15) is 0 Å². The zero-order chi connectivity index (χ0) is 15.0. The first-order chi connectivity index (χ1) is 10.1. The molecule has 0 radical (unpaired) electrons. The van der Waals surface area contributed by atoms with Crippen molar-refractivity contribution < 1.29 is 0 Å². The van der Waals surface area contributed by atoms with Crippen LogP contribution in [-0.2, 0) is 13.0 Å². The molecule has 5 heteroatoms. The first kappa shape index (κ1) is 14.5. The molecule has 3 nitrogen and oxygen atoms in total. The summed E-state index contributed by atoms with van der Waals surface area (Å²) >= 11 is 7.78. The van der Waals surface area contributed by atoms with Gasteiger partial charge < -0.3 is 4.57 Å². The zero-order valence-corrected chi connectivity index (χ0v) is 14.1. The number of pyridine rings is 1. The van der Waals surface area contributed by atoms with Crippen molar-refractivity contribution in [3.8, 4) is 0 Å². The van der Waals surface area contributed by atoms with E-state index < -0.39 is 0 Å². The molecule has 0 unspecified atom stereocenters. The van der Waals surface area contributed by atoms with Crippen LogP contribution < -0.4 is 0 Å². The molecule has 0 fully saturated rings. The summed E-state index contributed by atoms with van der Waals surface area (Å²) in [7, 11) is 0. The lowest BCUT2D eigenvalue weighted by molar-refractivity contribution is 0.756. The monoisotopic (exact) mass is 319 g/mol. The van der Waals surface area contributed by atoms with Gasteiger partial charge in [-0.05, 0) is 44.0 Å². The summed E-state index contributed by atoms with van der Waals surface area (Å²) in [6.45, 7) is 7.21. The average molecular weight is 320 g/mol. The Kier molecular flexibility index (Phi) is 4.00. The van der Waals surface area contributed by atoms with E-state index in [9.17, 15) is 0 Å². The van der Waals surface area contributed by atoms with Gasteiger partial charge >= 0.3 is 0 Å². The predicted octanol–water partition coefficient (Wildman–Crippen LogP) is 4.25. The maximum atomic E-state index is 5.94. The number of rotatable bonds is 4. The summed E-state index contributed by atoms with van der Waals surface area (Å²) in [5, 5.41) is 0. The quantitative estimate of drug-likeness (QED) is 0.673. The fraction of sp³-hybridized carbons (Fsp3) is 0.375. The molecule has 0 aliphatic rings. The number of aromatic nitrogens is 3. The van der Waals surface area contributed by atoms with Gasteiger partial charge in [0.1, 0.15) is 11.3 Å². The topological polar surface area (TPSA) is 30.7 Å². The van der Waals surface area contributed by atoms with Crippen LogP contribution in [0.1, 0.15) is 26.7 Å². The highest BCUT2D eigenvalue weighted by Crippen LogP contribution is 2.25. The number of imidazole rings is 1. The van der Waals surface area contributed by atoms with Gasteiger partial charge in [-0.1, -0.05) is 0 Å². The Hall–Kier alpha value is -1.39. The number of aryl methyl sites for hydroxylation is 4. The fourth-order valence-corrected chi connectivity index (χ4v) is 3.72. The number of thiophene rings is 1. The standard InChI is InChI=1S/C16H18ClN3S/c1-10-5-7-18-16-15(10)19-14(4-6-17)20(16)9-13-8-11(2)12(3)21-13/h5,7-8H,4,6,9H2,1-3H3. The Labute approximate surface area is 133 Å². The first-order valence-electron chi connectivity index (χ1n) is 7.02. The minimum absolute atomic E-state index is 0.574. The maximum Gasteiger partial charge on any atom is 0.160 e. The number of hydrogen-bond acceptors (Lipinski definition) is 3. The molecule has 3 aromatic heterocycles. The molecule has 0 aromatic carbocycles.